The second kappa shape index (κ2) is 4.64. The first-order valence-corrected chi connectivity index (χ1v) is 4.89. The molecule has 0 aromatic carbocycles. The summed E-state index contributed by atoms with van der Waals surface area (Å²) >= 11 is 0. The van der Waals surface area contributed by atoms with Crippen molar-refractivity contribution < 1.29 is 18.0 Å². The summed E-state index contributed by atoms with van der Waals surface area (Å²) in [4.78, 5) is 13.0. The van der Waals surface area contributed by atoms with Gasteiger partial charge in [-0.1, -0.05) is 0 Å². The zero-order valence-electron chi connectivity index (χ0n) is 9.45. The molecule has 0 spiro atoms. The molecule has 0 saturated carbocycles. The minimum atomic E-state index is -4.39. The van der Waals surface area contributed by atoms with E-state index < -0.39 is 18.6 Å². The number of hydrogen-bond acceptors (Lipinski definition) is 3. The Hall–Kier alpha value is -1.73. The lowest BCUT2D eigenvalue weighted by Gasteiger charge is -2.12. The van der Waals surface area contributed by atoms with Crippen LogP contribution in [0.3, 0.4) is 0 Å². The van der Waals surface area contributed by atoms with E-state index in [4.69, 9.17) is 5.73 Å². The summed E-state index contributed by atoms with van der Waals surface area (Å²) in [6.45, 7) is 0.914. The van der Waals surface area contributed by atoms with E-state index >= 15 is 0 Å². The monoisotopic (exact) mass is 250 g/mol. The Bertz CT molecular complexity index is 413. The van der Waals surface area contributed by atoms with Crippen LogP contribution in [0.4, 0.5) is 19.0 Å². The van der Waals surface area contributed by atoms with E-state index in [1.54, 1.807) is 6.92 Å². The zero-order valence-corrected chi connectivity index (χ0v) is 9.45. The number of rotatable bonds is 3. The minimum Gasteiger partial charge on any atom is -0.382 e. The van der Waals surface area contributed by atoms with Gasteiger partial charge < -0.3 is 10.6 Å². The number of aromatic nitrogens is 2. The molecule has 1 amide bonds. The standard InChI is InChI=1S/C9H13F3N4O/c1-3-15(2)8(17)6-4-16(14-7(6)13)5-9(10,11)12/h4H,3,5H2,1-2H3,(H2,13,14). The molecule has 1 heterocycles. The summed E-state index contributed by atoms with van der Waals surface area (Å²) in [5.74, 6) is -0.641. The van der Waals surface area contributed by atoms with Crippen molar-refractivity contribution in [2.45, 2.75) is 19.6 Å². The van der Waals surface area contributed by atoms with E-state index in [2.05, 4.69) is 5.10 Å². The van der Waals surface area contributed by atoms with E-state index in [1.165, 1.54) is 11.9 Å². The van der Waals surface area contributed by atoms with Crippen molar-refractivity contribution in [3.63, 3.8) is 0 Å². The number of nitrogens with zero attached hydrogens (tertiary/aromatic N) is 3. The van der Waals surface area contributed by atoms with Gasteiger partial charge in [-0.15, -0.1) is 0 Å². The highest BCUT2D eigenvalue weighted by Crippen LogP contribution is 2.19. The van der Waals surface area contributed by atoms with Crippen molar-refractivity contribution in [1.82, 2.24) is 14.7 Å². The molecule has 0 saturated heterocycles. The highest BCUT2D eigenvalue weighted by molar-refractivity contribution is 5.97. The van der Waals surface area contributed by atoms with Crippen LogP contribution in [0.1, 0.15) is 17.3 Å². The van der Waals surface area contributed by atoms with Crippen LogP contribution >= 0.6 is 0 Å². The number of amides is 1. The molecule has 8 heteroatoms. The molecule has 0 radical (unpaired) electrons. The van der Waals surface area contributed by atoms with Gasteiger partial charge in [0.05, 0.1) is 0 Å². The van der Waals surface area contributed by atoms with E-state index in [9.17, 15) is 18.0 Å². The predicted octanol–water partition coefficient (Wildman–Crippen LogP) is 1.12. The lowest BCUT2D eigenvalue weighted by atomic mass is 10.3. The summed E-state index contributed by atoms with van der Waals surface area (Å²) in [7, 11) is 1.53. The van der Waals surface area contributed by atoms with Gasteiger partial charge in [0.25, 0.3) is 5.91 Å². The van der Waals surface area contributed by atoms with Gasteiger partial charge in [-0.2, -0.15) is 18.3 Å². The zero-order chi connectivity index (χ0) is 13.2. The maximum atomic E-state index is 12.1. The molecule has 1 aromatic rings. The van der Waals surface area contributed by atoms with Gasteiger partial charge in [-0.05, 0) is 6.92 Å². The number of carbonyl (C=O) groups excluding carboxylic acids is 1. The van der Waals surface area contributed by atoms with Crippen LogP contribution < -0.4 is 5.73 Å². The van der Waals surface area contributed by atoms with Crippen LogP contribution in [0.25, 0.3) is 0 Å². The molecular weight excluding hydrogens is 237 g/mol. The molecule has 0 aliphatic rings. The number of halogens is 3. The molecule has 1 aromatic heterocycles. The fraction of sp³-hybridized carbons (Fsp3) is 0.556. The van der Waals surface area contributed by atoms with Crippen molar-refractivity contribution in [3.8, 4) is 0 Å². The van der Waals surface area contributed by atoms with Crippen molar-refractivity contribution >= 4 is 11.7 Å². The summed E-state index contributed by atoms with van der Waals surface area (Å²) in [6.07, 6.45) is -3.38. The third-order valence-electron chi connectivity index (χ3n) is 2.18. The SMILES string of the molecule is CCN(C)C(=O)c1cn(CC(F)(F)F)nc1N. The Morgan fingerprint density at radius 2 is 2.18 bits per heavy atom. The average Bonchev–Trinajstić information content (AvgIpc) is 2.54. The van der Waals surface area contributed by atoms with Gasteiger partial charge >= 0.3 is 6.18 Å². The number of alkyl halides is 3. The Kier molecular flexibility index (Phi) is 3.64. The van der Waals surface area contributed by atoms with Crippen LogP contribution in [-0.4, -0.2) is 40.4 Å². The average molecular weight is 250 g/mol. The Morgan fingerprint density at radius 1 is 1.59 bits per heavy atom. The molecule has 0 aliphatic heterocycles. The Balaban J connectivity index is 2.93. The molecule has 0 bridgehead atoms. The van der Waals surface area contributed by atoms with Gasteiger partial charge in [-0.3, -0.25) is 9.48 Å². The largest absolute Gasteiger partial charge is 0.408 e. The fourth-order valence-corrected chi connectivity index (χ4v) is 1.21. The summed E-state index contributed by atoms with van der Waals surface area (Å²) < 4.78 is 37.0. The summed E-state index contributed by atoms with van der Waals surface area (Å²) in [5, 5.41) is 3.46. The first kappa shape index (κ1) is 13.3. The minimum absolute atomic E-state index is 0.0152. The first-order chi connectivity index (χ1) is 7.74. The third-order valence-corrected chi connectivity index (χ3v) is 2.18. The van der Waals surface area contributed by atoms with Crippen LogP contribution in [0.2, 0.25) is 0 Å². The fourth-order valence-electron chi connectivity index (χ4n) is 1.21. The number of anilines is 1. The van der Waals surface area contributed by atoms with E-state index in [0.29, 0.717) is 11.2 Å². The van der Waals surface area contributed by atoms with Crippen LogP contribution in [0.15, 0.2) is 6.20 Å². The molecule has 0 fully saturated rings. The van der Waals surface area contributed by atoms with Gasteiger partial charge in [-0.25, -0.2) is 0 Å². The molecule has 0 atom stereocenters. The van der Waals surface area contributed by atoms with Crippen molar-refractivity contribution in [3.05, 3.63) is 11.8 Å². The van der Waals surface area contributed by atoms with Gasteiger partial charge in [0.15, 0.2) is 5.82 Å². The molecule has 96 valence electrons. The summed E-state index contributed by atoms with van der Waals surface area (Å²) in [5.41, 5.74) is 5.39. The number of carbonyl (C=O) groups is 1. The lowest BCUT2D eigenvalue weighted by Crippen LogP contribution is -2.26. The van der Waals surface area contributed by atoms with Crippen molar-refractivity contribution in [2.24, 2.45) is 0 Å². The molecule has 1 rings (SSSR count). The topological polar surface area (TPSA) is 64.2 Å². The predicted molar refractivity (Wildman–Crippen MR) is 55.3 cm³/mol. The van der Waals surface area contributed by atoms with Crippen LogP contribution in [0, 0.1) is 0 Å². The molecule has 17 heavy (non-hydrogen) atoms. The maximum absolute atomic E-state index is 12.1. The van der Waals surface area contributed by atoms with Crippen LogP contribution in [-0.2, 0) is 6.54 Å². The highest BCUT2D eigenvalue weighted by atomic mass is 19.4. The summed E-state index contributed by atoms with van der Waals surface area (Å²) in [6, 6.07) is 0. The normalized spacial score (nSPS) is 11.6. The third kappa shape index (κ3) is 3.36. The first-order valence-electron chi connectivity index (χ1n) is 4.89. The second-order valence-electron chi connectivity index (χ2n) is 3.56. The Morgan fingerprint density at radius 3 is 2.65 bits per heavy atom. The Labute approximate surface area is 96.0 Å². The van der Waals surface area contributed by atoms with Gasteiger partial charge in [0.2, 0.25) is 0 Å². The van der Waals surface area contributed by atoms with E-state index in [0.717, 1.165) is 6.20 Å². The van der Waals surface area contributed by atoms with E-state index in [-0.39, 0.29) is 11.4 Å². The molecule has 2 N–H and O–H groups in total. The van der Waals surface area contributed by atoms with Crippen molar-refractivity contribution in [2.75, 3.05) is 19.3 Å². The quantitative estimate of drug-likeness (QED) is 0.874. The maximum Gasteiger partial charge on any atom is 0.408 e. The van der Waals surface area contributed by atoms with Gasteiger partial charge in [0, 0.05) is 19.8 Å². The highest BCUT2D eigenvalue weighted by Gasteiger charge is 2.29. The van der Waals surface area contributed by atoms with Gasteiger partial charge in [0.1, 0.15) is 12.1 Å². The number of hydrogen-bond donors (Lipinski definition) is 1. The lowest BCUT2D eigenvalue weighted by molar-refractivity contribution is -0.142. The smallest absolute Gasteiger partial charge is 0.382 e. The molecular formula is C9H13F3N4O. The molecule has 5 nitrogen and oxygen atoms in total. The molecule has 0 aliphatic carbocycles. The van der Waals surface area contributed by atoms with E-state index in [1.807, 2.05) is 0 Å². The molecule has 0 unspecified atom stereocenters. The second-order valence-corrected chi connectivity index (χ2v) is 3.56. The number of nitrogens with two attached hydrogens (primary N) is 1. The van der Waals surface area contributed by atoms with Crippen LogP contribution in [0.5, 0.6) is 0 Å². The number of nitrogen functional groups attached to an aromatic ring is 1. The van der Waals surface area contributed by atoms with Crippen molar-refractivity contribution in [1.29, 1.82) is 0 Å².